The molecule has 1 unspecified atom stereocenters. The Morgan fingerprint density at radius 1 is 1.17 bits per heavy atom. The van der Waals surface area contributed by atoms with Gasteiger partial charge in [-0.05, 0) is 42.0 Å². The molecule has 1 heterocycles. The third kappa shape index (κ3) is 2.69. The summed E-state index contributed by atoms with van der Waals surface area (Å²) >= 11 is 0. The maximum atomic E-state index is 12.5. The average molecular weight is 257 g/mol. The van der Waals surface area contributed by atoms with Gasteiger partial charge in [-0.3, -0.25) is 0 Å². The summed E-state index contributed by atoms with van der Waals surface area (Å²) in [5.74, 6) is 0.320. The topological polar surface area (TPSA) is 12.0 Å². The molecule has 1 aromatic rings. The Kier molecular flexibility index (Phi) is 3.41. The van der Waals surface area contributed by atoms with E-state index in [0.29, 0.717) is 5.92 Å². The van der Waals surface area contributed by atoms with Crippen molar-refractivity contribution in [2.24, 2.45) is 5.41 Å². The molecule has 1 saturated heterocycles. The third-order valence-electron chi connectivity index (χ3n) is 3.77. The first-order chi connectivity index (χ1) is 8.31. The average Bonchev–Trinajstić information content (AvgIpc) is 2.27. The summed E-state index contributed by atoms with van der Waals surface area (Å²) in [6, 6.07) is 5.63. The highest BCUT2D eigenvalue weighted by Crippen LogP contribution is 2.40. The van der Waals surface area contributed by atoms with Crippen LogP contribution in [-0.2, 0) is 6.18 Å². The summed E-state index contributed by atoms with van der Waals surface area (Å²) < 4.78 is 37.5. The van der Waals surface area contributed by atoms with Gasteiger partial charge in [-0.15, -0.1) is 0 Å². The van der Waals surface area contributed by atoms with Crippen molar-refractivity contribution < 1.29 is 13.2 Å². The highest BCUT2D eigenvalue weighted by atomic mass is 19.4. The second-order valence-electron chi connectivity index (χ2n) is 5.63. The zero-order valence-electron chi connectivity index (χ0n) is 10.6. The van der Waals surface area contributed by atoms with E-state index in [9.17, 15) is 13.2 Å². The molecule has 0 radical (unpaired) electrons. The Balaban J connectivity index is 2.24. The smallest absolute Gasteiger partial charge is 0.316 e. The van der Waals surface area contributed by atoms with Crippen molar-refractivity contribution in [3.8, 4) is 0 Å². The lowest BCUT2D eigenvalue weighted by Gasteiger charge is -2.39. The molecule has 4 heteroatoms. The van der Waals surface area contributed by atoms with Gasteiger partial charge < -0.3 is 5.32 Å². The number of halogens is 3. The third-order valence-corrected chi connectivity index (χ3v) is 3.77. The van der Waals surface area contributed by atoms with Crippen LogP contribution < -0.4 is 5.32 Å². The fraction of sp³-hybridized carbons (Fsp3) is 0.571. The number of hydrogen-bond acceptors (Lipinski definition) is 1. The Bertz CT molecular complexity index is 406. The Hall–Kier alpha value is -1.03. The first-order valence-electron chi connectivity index (χ1n) is 6.18. The van der Waals surface area contributed by atoms with Gasteiger partial charge in [-0.25, -0.2) is 0 Å². The van der Waals surface area contributed by atoms with Gasteiger partial charge in [-0.1, -0.05) is 26.0 Å². The molecular weight excluding hydrogens is 239 g/mol. The molecule has 0 saturated carbocycles. The van der Waals surface area contributed by atoms with Crippen LogP contribution in [0, 0.1) is 5.41 Å². The fourth-order valence-corrected chi connectivity index (χ4v) is 2.69. The Labute approximate surface area is 105 Å². The molecule has 1 aliphatic heterocycles. The first-order valence-corrected chi connectivity index (χ1v) is 6.18. The van der Waals surface area contributed by atoms with Crippen LogP contribution in [0.4, 0.5) is 13.2 Å². The minimum absolute atomic E-state index is 0.0813. The van der Waals surface area contributed by atoms with Crippen molar-refractivity contribution in [2.45, 2.75) is 32.4 Å². The van der Waals surface area contributed by atoms with Crippen molar-refractivity contribution in [2.75, 3.05) is 13.1 Å². The van der Waals surface area contributed by atoms with Crippen molar-refractivity contribution in [3.63, 3.8) is 0 Å². The van der Waals surface area contributed by atoms with Gasteiger partial charge in [0, 0.05) is 6.54 Å². The quantitative estimate of drug-likeness (QED) is 0.806. The fourth-order valence-electron chi connectivity index (χ4n) is 2.69. The van der Waals surface area contributed by atoms with Gasteiger partial charge in [0.1, 0.15) is 0 Å². The van der Waals surface area contributed by atoms with Crippen LogP contribution in [0.2, 0.25) is 0 Å². The lowest BCUT2D eigenvalue weighted by molar-refractivity contribution is -0.137. The van der Waals surface area contributed by atoms with Crippen LogP contribution >= 0.6 is 0 Å². The van der Waals surface area contributed by atoms with E-state index < -0.39 is 11.7 Å². The molecule has 0 spiro atoms. The van der Waals surface area contributed by atoms with Crippen LogP contribution in [0.15, 0.2) is 24.3 Å². The summed E-state index contributed by atoms with van der Waals surface area (Å²) in [5, 5.41) is 3.33. The summed E-state index contributed by atoms with van der Waals surface area (Å²) in [6.07, 6.45) is -3.28. The van der Waals surface area contributed by atoms with E-state index in [1.807, 2.05) is 0 Å². The molecule has 2 rings (SSSR count). The standard InChI is InChI=1S/C14H18F3N/c1-13(2)9-18-8-7-12(13)10-3-5-11(6-4-10)14(15,16)17/h3-6,12,18H,7-9H2,1-2H3. The van der Waals surface area contributed by atoms with Gasteiger partial charge in [0.25, 0.3) is 0 Å². The molecule has 1 atom stereocenters. The molecule has 0 amide bonds. The van der Waals surface area contributed by atoms with Crippen LogP contribution in [-0.4, -0.2) is 13.1 Å². The normalized spacial score (nSPS) is 23.9. The van der Waals surface area contributed by atoms with E-state index in [1.54, 1.807) is 12.1 Å². The van der Waals surface area contributed by atoms with E-state index in [0.717, 1.165) is 25.1 Å². The number of alkyl halides is 3. The SMILES string of the molecule is CC1(C)CNCCC1c1ccc(C(F)(F)F)cc1. The van der Waals surface area contributed by atoms with Crippen LogP contribution in [0.3, 0.4) is 0 Å². The van der Waals surface area contributed by atoms with E-state index in [-0.39, 0.29) is 5.41 Å². The van der Waals surface area contributed by atoms with Gasteiger partial charge in [0.05, 0.1) is 5.56 Å². The maximum Gasteiger partial charge on any atom is 0.416 e. The lowest BCUT2D eigenvalue weighted by atomic mass is 9.71. The number of rotatable bonds is 1. The number of hydrogen-bond donors (Lipinski definition) is 1. The van der Waals surface area contributed by atoms with Gasteiger partial charge in [0.2, 0.25) is 0 Å². The molecular formula is C14H18F3N. The monoisotopic (exact) mass is 257 g/mol. The molecule has 100 valence electrons. The van der Waals surface area contributed by atoms with Crippen molar-refractivity contribution >= 4 is 0 Å². The molecule has 0 bridgehead atoms. The largest absolute Gasteiger partial charge is 0.416 e. The number of piperidine rings is 1. The Morgan fingerprint density at radius 2 is 1.78 bits per heavy atom. The van der Waals surface area contributed by atoms with Crippen molar-refractivity contribution in [3.05, 3.63) is 35.4 Å². The van der Waals surface area contributed by atoms with Crippen LogP contribution in [0.5, 0.6) is 0 Å². The lowest BCUT2D eigenvalue weighted by Crippen LogP contribution is -2.41. The summed E-state index contributed by atoms with van der Waals surface area (Å²) in [4.78, 5) is 0. The first kappa shape index (κ1) is 13.4. The van der Waals surface area contributed by atoms with Gasteiger partial charge in [-0.2, -0.15) is 13.2 Å². The molecule has 1 aromatic carbocycles. The zero-order chi connectivity index (χ0) is 13.4. The number of benzene rings is 1. The minimum atomic E-state index is -4.25. The summed E-state index contributed by atoms with van der Waals surface area (Å²) in [6.45, 7) is 6.14. The van der Waals surface area contributed by atoms with Crippen molar-refractivity contribution in [1.29, 1.82) is 0 Å². The van der Waals surface area contributed by atoms with E-state index in [2.05, 4.69) is 19.2 Å². The van der Waals surface area contributed by atoms with E-state index in [4.69, 9.17) is 0 Å². The highest BCUT2D eigenvalue weighted by molar-refractivity contribution is 5.28. The van der Waals surface area contributed by atoms with E-state index >= 15 is 0 Å². The predicted octanol–water partition coefficient (Wildman–Crippen LogP) is 3.81. The predicted molar refractivity (Wildman–Crippen MR) is 65.5 cm³/mol. The number of nitrogens with one attached hydrogen (secondary N) is 1. The highest BCUT2D eigenvalue weighted by Gasteiger charge is 2.34. The maximum absolute atomic E-state index is 12.5. The molecule has 1 fully saturated rings. The van der Waals surface area contributed by atoms with Crippen molar-refractivity contribution in [1.82, 2.24) is 5.32 Å². The molecule has 18 heavy (non-hydrogen) atoms. The minimum Gasteiger partial charge on any atom is -0.316 e. The molecule has 0 aromatic heterocycles. The Morgan fingerprint density at radius 3 is 2.28 bits per heavy atom. The molecule has 1 nitrogen and oxygen atoms in total. The second-order valence-corrected chi connectivity index (χ2v) is 5.63. The van der Waals surface area contributed by atoms with E-state index in [1.165, 1.54) is 12.1 Å². The molecule has 0 aliphatic carbocycles. The molecule has 1 aliphatic rings. The zero-order valence-corrected chi connectivity index (χ0v) is 10.6. The van der Waals surface area contributed by atoms with Crippen LogP contribution in [0.25, 0.3) is 0 Å². The van der Waals surface area contributed by atoms with Gasteiger partial charge >= 0.3 is 6.18 Å². The second kappa shape index (κ2) is 4.57. The van der Waals surface area contributed by atoms with Gasteiger partial charge in [0.15, 0.2) is 0 Å². The molecule has 1 N–H and O–H groups in total. The summed E-state index contributed by atoms with van der Waals surface area (Å²) in [7, 11) is 0. The van der Waals surface area contributed by atoms with Crippen LogP contribution in [0.1, 0.15) is 37.3 Å². The summed E-state index contributed by atoms with van der Waals surface area (Å²) in [5.41, 5.74) is 0.519.